The number of benzene rings is 1. The van der Waals surface area contributed by atoms with Crippen LogP contribution >= 0.6 is 15.9 Å². The van der Waals surface area contributed by atoms with Gasteiger partial charge in [0.1, 0.15) is 0 Å². The quantitative estimate of drug-likeness (QED) is 0.843. The van der Waals surface area contributed by atoms with Crippen LogP contribution in [0.25, 0.3) is 0 Å². The average molecular weight is 281 g/mol. The minimum Gasteiger partial charge on any atom is -0.367 e. The molecule has 0 unspecified atom stereocenters. The standard InChI is InChI=1S/C13H17BrN2/c1-10(15)12-6-5-11(9-13(12)14)16-7-3-2-4-8-16/h2-3,5-6,9-10H,4,7-8,15H2,1H3/t10-/m0/s1. The van der Waals surface area contributed by atoms with Crippen molar-refractivity contribution in [3.63, 3.8) is 0 Å². The fraction of sp³-hybridized carbons (Fsp3) is 0.385. The van der Waals surface area contributed by atoms with Gasteiger partial charge in [-0.05, 0) is 31.0 Å². The van der Waals surface area contributed by atoms with Crippen LogP contribution in [0.4, 0.5) is 5.69 Å². The van der Waals surface area contributed by atoms with Crippen LogP contribution in [0.5, 0.6) is 0 Å². The Hall–Kier alpha value is -0.800. The number of nitrogens with two attached hydrogens (primary N) is 1. The van der Waals surface area contributed by atoms with Gasteiger partial charge in [0.25, 0.3) is 0 Å². The summed E-state index contributed by atoms with van der Waals surface area (Å²) in [5.41, 5.74) is 8.32. The predicted octanol–water partition coefficient (Wildman–Crippen LogP) is 3.24. The fourth-order valence-corrected chi connectivity index (χ4v) is 2.69. The molecule has 2 N–H and O–H groups in total. The van der Waals surface area contributed by atoms with E-state index >= 15 is 0 Å². The van der Waals surface area contributed by atoms with Crippen LogP contribution < -0.4 is 10.6 Å². The molecule has 1 aliphatic heterocycles. The number of hydrogen-bond donors (Lipinski definition) is 1. The molecule has 2 nitrogen and oxygen atoms in total. The van der Waals surface area contributed by atoms with Crippen molar-refractivity contribution in [3.8, 4) is 0 Å². The zero-order chi connectivity index (χ0) is 11.5. The molecule has 1 atom stereocenters. The van der Waals surface area contributed by atoms with Gasteiger partial charge < -0.3 is 10.6 Å². The first-order valence-electron chi connectivity index (χ1n) is 5.63. The summed E-state index contributed by atoms with van der Waals surface area (Å²) in [6.07, 6.45) is 5.59. The van der Waals surface area contributed by atoms with Crippen LogP contribution in [0.3, 0.4) is 0 Å². The summed E-state index contributed by atoms with van der Waals surface area (Å²) in [5.74, 6) is 0. The van der Waals surface area contributed by atoms with Crippen LogP contribution in [-0.2, 0) is 0 Å². The van der Waals surface area contributed by atoms with Gasteiger partial charge in [-0.3, -0.25) is 0 Å². The summed E-state index contributed by atoms with van der Waals surface area (Å²) in [6, 6.07) is 6.51. The van der Waals surface area contributed by atoms with Gasteiger partial charge in [0.15, 0.2) is 0 Å². The van der Waals surface area contributed by atoms with E-state index in [1.54, 1.807) is 0 Å². The van der Waals surface area contributed by atoms with E-state index in [-0.39, 0.29) is 6.04 Å². The van der Waals surface area contributed by atoms with Gasteiger partial charge in [-0.15, -0.1) is 0 Å². The Balaban J connectivity index is 2.23. The van der Waals surface area contributed by atoms with Gasteiger partial charge in [0.2, 0.25) is 0 Å². The van der Waals surface area contributed by atoms with E-state index in [1.807, 2.05) is 6.92 Å². The average Bonchev–Trinajstić information content (AvgIpc) is 2.29. The van der Waals surface area contributed by atoms with E-state index < -0.39 is 0 Å². The first-order valence-corrected chi connectivity index (χ1v) is 6.43. The maximum absolute atomic E-state index is 5.89. The third kappa shape index (κ3) is 2.47. The Morgan fingerprint density at radius 2 is 2.19 bits per heavy atom. The molecule has 86 valence electrons. The van der Waals surface area contributed by atoms with E-state index in [0.29, 0.717) is 0 Å². The molecule has 0 saturated heterocycles. The molecule has 0 bridgehead atoms. The Bertz CT molecular complexity index is 399. The second kappa shape index (κ2) is 5.02. The van der Waals surface area contributed by atoms with Gasteiger partial charge in [-0.2, -0.15) is 0 Å². The molecule has 0 spiro atoms. The molecule has 16 heavy (non-hydrogen) atoms. The van der Waals surface area contributed by atoms with Crippen LogP contribution in [0.1, 0.15) is 24.9 Å². The highest BCUT2D eigenvalue weighted by Crippen LogP contribution is 2.28. The Morgan fingerprint density at radius 3 is 2.75 bits per heavy atom. The Kier molecular flexibility index (Phi) is 3.66. The number of nitrogens with zero attached hydrogens (tertiary/aromatic N) is 1. The molecule has 3 heteroatoms. The van der Waals surface area contributed by atoms with Crippen LogP contribution in [0, 0.1) is 0 Å². The second-order valence-electron chi connectivity index (χ2n) is 4.20. The van der Waals surface area contributed by atoms with E-state index in [1.165, 1.54) is 5.69 Å². The molecule has 1 aromatic rings. The van der Waals surface area contributed by atoms with Crippen molar-refractivity contribution in [2.75, 3.05) is 18.0 Å². The molecular weight excluding hydrogens is 264 g/mol. The van der Waals surface area contributed by atoms with E-state index in [2.05, 4.69) is 51.2 Å². The highest BCUT2D eigenvalue weighted by Gasteiger charge is 2.10. The normalized spacial score (nSPS) is 17.6. The molecule has 0 amide bonds. The summed E-state index contributed by atoms with van der Waals surface area (Å²) in [6.45, 7) is 4.10. The van der Waals surface area contributed by atoms with Crippen LogP contribution in [0.2, 0.25) is 0 Å². The summed E-state index contributed by atoms with van der Waals surface area (Å²) in [4.78, 5) is 2.37. The molecule has 0 saturated carbocycles. The largest absolute Gasteiger partial charge is 0.367 e. The monoisotopic (exact) mass is 280 g/mol. The zero-order valence-corrected chi connectivity index (χ0v) is 11.1. The minimum absolute atomic E-state index is 0.0738. The summed E-state index contributed by atoms with van der Waals surface area (Å²) in [7, 11) is 0. The van der Waals surface area contributed by atoms with Gasteiger partial charge >= 0.3 is 0 Å². The first-order chi connectivity index (χ1) is 7.68. The number of halogens is 1. The molecule has 0 radical (unpaired) electrons. The van der Waals surface area contributed by atoms with Gasteiger partial charge in [-0.1, -0.05) is 34.1 Å². The smallest absolute Gasteiger partial charge is 0.0380 e. The molecule has 0 aliphatic carbocycles. The zero-order valence-electron chi connectivity index (χ0n) is 9.49. The van der Waals surface area contributed by atoms with Crippen molar-refractivity contribution >= 4 is 21.6 Å². The van der Waals surface area contributed by atoms with Crippen molar-refractivity contribution in [1.82, 2.24) is 0 Å². The summed E-state index contributed by atoms with van der Waals surface area (Å²) < 4.78 is 1.11. The maximum Gasteiger partial charge on any atom is 0.0380 e. The van der Waals surface area contributed by atoms with Crippen LogP contribution in [0.15, 0.2) is 34.8 Å². The van der Waals surface area contributed by atoms with Crippen molar-refractivity contribution in [1.29, 1.82) is 0 Å². The summed E-state index contributed by atoms with van der Waals surface area (Å²) >= 11 is 3.59. The van der Waals surface area contributed by atoms with E-state index in [0.717, 1.165) is 29.5 Å². The molecule has 1 aliphatic rings. The fourth-order valence-electron chi connectivity index (χ4n) is 1.96. The molecular formula is C13H17BrN2. The highest BCUT2D eigenvalue weighted by atomic mass is 79.9. The van der Waals surface area contributed by atoms with E-state index in [9.17, 15) is 0 Å². The molecule has 1 aromatic carbocycles. The lowest BCUT2D eigenvalue weighted by Gasteiger charge is -2.26. The lowest BCUT2D eigenvalue weighted by atomic mass is 10.1. The molecule has 2 rings (SSSR count). The topological polar surface area (TPSA) is 29.3 Å². The van der Waals surface area contributed by atoms with Crippen molar-refractivity contribution in [3.05, 3.63) is 40.4 Å². The first kappa shape index (κ1) is 11.7. The van der Waals surface area contributed by atoms with Crippen molar-refractivity contribution in [2.45, 2.75) is 19.4 Å². The van der Waals surface area contributed by atoms with Gasteiger partial charge in [0.05, 0.1) is 0 Å². The van der Waals surface area contributed by atoms with Crippen LogP contribution in [-0.4, -0.2) is 13.1 Å². The molecule has 1 heterocycles. The number of hydrogen-bond acceptors (Lipinski definition) is 2. The van der Waals surface area contributed by atoms with Crippen molar-refractivity contribution in [2.24, 2.45) is 5.73 Å². The Labute approximate surface area is 105 Å². The lowest BCUT2D eigenvalue weighted by molar-refractivity contribution is 0.803. The third-order valence-electron chi connectivity index (χ3n) is 2.90. The number of anilines is 1. The van der Waals surface area contributed by atoms with Gasteiger partial charge in [-0.25, -0.2) is 0 Å². The third-order valence-corrected chi connectivity index (χ3v) is 3.58. The minimum atomic E-state index is 0.0738. The van der Waals surface area contributed by atoms with Crippen molar-refractivity contribution < 1.29 is 0 Å². The van der Waals surface area contributed by atoms with E-state index in [4.69, 9.17) is 5.73 Å². The maximum atomic E-state index is 5.89. The summed E-state index contributed by atoms with van der Waals surface area (Å²) in [5, 5.41) is 0. The second-order valence-corrected chi connectivity index (χ2v) is 5.05. The molecule has 0 aromatic heterocycles. The highest BCUT2D eigenvalue weighted by molar-refractivity contribution is 9.10. The lowest BCUT2D eigenvalue weighted by Crippen LogP contribution is -2.26. The number of rotatable bonds is 2. The SMILES string of the molecule is C[C@H](N)c1ccc(N2CC=CCC2)cc1Br. The van der Waals surface area contributed by atoms with Gasteiger partial charge in [0, 0.05) is 29.3 Å². The molecule has 0 fully saturated rings. The Morgan fingerprint density at radius 1 is 1.38 bits per heavy atom. The predicted molar refractivity (Wildman–Crippen MR) is 72.7 cm³/mol.